The summed E-state index contributed by atoms with van der Waals surface area (Å²) >= 11 is 0. The molecule has 0 aliphatic rings. The summed E-state index contributed by atoms with van der Waals surface area (Å²) in [5.41, 5.74) is 4.90. The highest BCUT2D eigenvalue weighted by molar-refractivity contribution is 5.97. The minimum atomic E-state index is -4.50. The van der Waals surface area contributed by atoms with E-state index in [0.717, 1.165) is 6.42 Å². The number of nitrogens with zero attached hydrogens (tertiary/aromatic N) is 1. The Balaban J connectivity index is 2.68. The second-order valence-corrected chi connectivity index (χ2v) is 3.28. The van der Waals surface area contributed by atoms with E-state index in [1.807, 2.05) is 0 Å². The van der Waals surface area contributed by atoms with Crippen LogP contribution >= 0.6 is 0 Å². The molecule has 0 bridgehead atoms. The molecule has 97 valence electrons. The number of halogens is 3. The number of carbonyl (C=O) groups is 2. The molecule has 0 aliphatic heterocycles. The second kappa shape index (κ2) is 5.48. The lowest BCUT2D eigenvalue weighted by atomic mass is 10.1. The molecule has 8 heteroatoms. The van der Waals surface area contributed by atoms with Crippen molar-refractivity contribution in [2.24, 2.45) is 5.73 Å². The van der Waals surface area contributed by atoms with E-state index in [0.29, 0.717) is 0 Å². The summed E-state index contributed by atoms with van der Waals surface area (Å²) < 4.78 is 35.5. The van der Waals surface area contributed by atoms with Crippen molar-refractivity contribution in [1.82, 2.24) is 10.3 Å². The van der Waals surface area contributed by atoms with E-state index in [9.17, 15) is 22.8 Å². The van der Waals surface area contributed by atoms with E-state index in [1.165, 1.54) is 18.3 Å². The van der Waals surface area contributed by atoms with Crippen LogP contribution in [0.1, 0.15) is 16.1 Å². The third-order valence-electron chi connectivity index (χ3n) is 1.83. The zero-order chi connectivity index (χ0) is 13.8. The number of alkyl halides is 3. The van der Waals surface area contributed by atoms with Crippen molar-refractivity contribution in [3.05, 3.63) is 36.0 Å². The molecule has 0 unspecified atom stereocenters. The minimum Gasteiger partial charge on any atom is -0.366 e. The molecule has 5 nitrogen and oxygen atoms in total. The summed E-state index contributed by atoms with van der Waals surface area (Å²) in [6.45, 7) is -1.46. The molecule has 1 radical (unpaired) electrons. The quantitative estimate of drug-likeness (QED) is 0.822. The fourth-order valence-corrected chi connectivity index (χ4v) is 1.10. The number of amides is 2. The lowest BCUT2D eigenvalue weighted by Gasteiger charge is -2.08. The average molecular weight is 260 g/mol. The first-order chi connectivity index (χ1) is 8.29. The van der Waals surface area contributed by atoms with Crippen LogP contribution in [0.2, 0.25) is 0 Å². The van der Waals surface area contributed by atoms with Crippen LogP contribution in [-0.2, 0) is 4.79 Å². The predicted molar refractivity (Wildman–Crippen MR) is 55.2 cm³/mol. The fraction of sp³-hybridized carbons (Fsp3) is 0.200. The molecule has 0 saturated heterocycles. The van der Waals surface area contributed by atoms with Gasteiger partial charge in [-0.05, 0) is 12.1 Å². The Kier molecular flexibility index (Phi) is 4.24. The first-order valence-corrected chi connectivity index (χ1v) is 4.74. The van der Waals surface area contributed by atoms with Crippen LogP contribution in [0.3, 0.4) is 0 Å². The number of pyridine rings is 1. The summed E-state index contributed by atoms with van der Waals surface area (Å²) in [4.78, 5) is 25.8. The Hall–Kier alpha value is -2.12. The Bertz CT molecular complexity index is 460. The highest BCUT2D eigenvalue weighted by atomic mass is 19.4. The number of nitrogens with one attached hydrogen (secondary N) is 1. The minimum absolute atomic E-state index is 0.0420. The van der Waals surface area contributed by atoms with Crippen LogP contribution in [0.5, 0.6) is 0 Å². The van der Waals surface area contributed by atoms with Gasteiger partial charge in [-0.3, -0.25) is 14.6 Å². The van der Waals surface area contributed by atoms with Crippen molar-refractivity contribution in [3.63, 3.8) is 0 Å². The molecule has 0 saturated carbocycles. The Labute approximate surface area is 100 Å². The Morgan fingerprint density at radius 2 is 2.11 bits per heavy atom. The zero-order valence-corrected chi connectivity index (χ0v) is 8.99. The molecular weight excluding hydrogens is 251 g/mol. The normalized spacial score (nSPS) is 11.1. The van der Waals surface area contributed by atoms with Gasteiger partial charge in [0.25, 0.3) is 5.91 Å². The monoisotopic (exact) mass is 260 g/mol. The van der Waals surface area contributed by atoms with Crippen molar-refractivity contribution in [2.75, 3.05) is 6.54 Å². The summed E-state index contributed by atoms with van der Waals surface area (Å²) in [7, 11) is 0. The Morgan fingerprint density at radius 3 is 2.67 bits per heavy atom. The number of hydrogen-bond donors (Lipinski definition) is 2. The predicted octanol–water partition coefficient (Wildman–Crippen LogP) is 0.411. The highest BCUT2D eigenvalue weighted by Gasteiger charge is 2.28. The fourth-order valence-electron chi connectivity index (χ4n) is 1.10. The van der Waals surface area contributed by atoms with Crippen LogP contribution in [0.15, 0.2) is 18.3 Å². The number of rotatable bonds is 4. The van der Waals surface area contributed by atoms with E-state index < -0.39 is 24.5 Å². The van der Waals surface area contributed by atoms with Gasteiger partial charge < -0.3 is 11.1 Å². The summed E-state index contributed by atoms with van der Waals surface area (Å²) in [6.07, 6.45) is -2.43. The van der Waals surface area contributed by atoms with Gasteiger partial charge in [0.05, 0.1) is 17.7 Å². The van der Waals surface area contributed by atoms with Gasteiger partial charge in [0.1, 0.15) is 6.54 Å². The smallest absolute Gasteiger partial charge is 0.366 e. The molecule has 0 aliphatic carbocycles. The van der Waals surface area contributed by atoms with Crippen LogP contribution < -0.4 is 11.1 Å². The molecule has 0 spiro atoms. The molecule has 3 N–H and O–H groups in total. The molecular formula is C10H9F3N3O2. The lowest BCUT2D eigenvalue weighted by Crippen LogP contribution is -2.34. The molecule has 0 fully saturated rings. The van der Waals surface area contributed by atoms with Gasteiger partial charge in [0, 0.05) is 6.20 Å². The highest BCUT2D eigenvalue weighted by Crippen LogP contribution is 2.13. The standard InChI is InChI=1S/C10H9F3N3O2/c11-10(12,13)5-16-8(17)4-7-6(9(14)18)2-1-3-15-7/h1-4H,5H2,(H2,14,18)(H,16,17). The number of primary amides is 1. The largest absolute Gasteiger partial charge is 0.405 e. The van der Waals surface area contributed by atoms with Gasteiger partial charge >= 0.3 is 6.18 Å². The molecule has 0 atom stereocenters. The number of aromatic nitrogens is 1. The van der Waals surface area contributed by atoms with Gasteiger partial charge in [-0.2, -0.15) is 13.2 Å². The number of nitrogens with two attached hydrogens (primary N) is 1. The topological polar surface area (TPSA) is 85.1 Å². The van der Waals surface area contributed by atoms with Crippen LogP contribution in [-0.4, -0.2) is 29.5 Å². The van der Waals surface area contributed by atoms with Crippen molar-refractivity contribution in [3.8, 4) is 0 Å². The molecule has 1 rings (SSSR count). The molecule has 18 heavy (non-hydrogen) atoms. The first kappa shape index (κ1) is 13.9. The third kappa shape index (κ3) is 4.40. The number of hydrogen-bond acceptors (Lipinski definition) is 3. The summed E-state index contributed by atoms with van der Waals surface area (Å²) in [5.74, 6) is -1.83. The first-order valence-electron chi connectivity index (χ1n) is 4.74. The molecule has 0 aromatic carbocycles. The summed E-state index contributed by atoms with van der Waals surface area (Å²) in [5, 5.41) is 1.63. The van der Waals surface area contributed by atoms with Crippen LogP contribution in [0, 0.1) is 6.42 Å². The maximum absolute atomic E-state index is 11.8. The van der Waals surface area contributed by atoms with Gasteiger partial charge in [-0.15, -0.1) is 0 Å². The average Bonchev–Trinajstić information content (AvgIpc) is 2.26. The third-order valence-corrected chi connectivity index (χ3v) is 1.83. The molecule has 1 heterocycles. The van der Waals surface area contributed by atoms with E-state index in [2.05, 4.69) is 4.98 Å². The Morgan fingerprint density at radius 1 is 1.44 bits per heavy atom. The maximum atomic E-state index is 11.8. The van der Waals surface area contributed by atoms with Gasteiger partial charge in [-0.1, -0.05) is 0 Å². The van der Waals surface area contributed by atoms with Crippen molar-refractivity contribution < 1.29 is 22.8 Å². The van der Waals surface area contributed by atoms with E-state index in [1.54, 1.807) is 5.32 Å². The van der Waals surface area contributed by atoms with Crippen molar-refractivity contribution in [2.45, 2.75) is 6.18 Å². The molecule has 2 amide bonds. The molecule has 1 aromatic rings. The SMILES string of the molecule is NC(=O)c1cccnc1[CH]C(=O)NCC(F)(F)F. The van der Waals surface area contributed by atoms with Gasteiger partial charge in [0.2, 0.25) is 5.91 Å². The van der Waals surface area contributed by atoms with Crippen LogP contribution in [0.4, 0.5) is 13.2 Å². The van der Waals surface area contributed by atoms with Gasteiger partial charge in [-0.25, -0.2) is 0 Å². The van der Waals surface area contributed by atoms with Crippen LogP contribution in [0.25, 0.3) is 0 Å². The van der Waals surface area contributed by atoms with Crippen molar-refractivity contribution in [1.29, 1.82) is 0 Å². The summed E-state index contributed by atoms with van der Waals surface area (Å²) in [6, 6.07) is 2.74. The van der Waals surface area contributed by atoms with E-state index in [4.69, 9.17) is 5.73 Å². The van der Waals surface area contributed by atoms with E-state index >= 15 is 0 Å². The van der Waals surface area contributed by atoms with E-state index in [-0.39, 0.29) is 11.3 Å². The van der Waals surface area contributed by atoms with Crippen molar-refractivity contribution >= 4 is 11.8 Å². The number of carbonyl (C=O) groups excluding carboxylic acids is 2. The molecule has 1 aromatic heterocycles. The lowest BCUT2D eigenvalue weighted by molar-refractivity contribution is -0.136. The zero-order valence-electron chi connectivity index (χ0n) is 8.99. The second-order valence-electron chi connectivity index (χ2n) is 3.28. The van der Waals surface area contributed by atoms with Gasteiger partial charge in [0.15, 0.2) is 0 Å². The maximum Gasteiger partial charge on any atom is 0.405 e.